The quantitative estimate of drug-likeness (QED) is 0.0654. The molecule has 14 aromatic rings. The third kappa shape index (κ3) is 18.3. The van der Waals surface area contributed by atoms with E-state index in [1.165, 1.54) is 5.56 Å². The van der Waals surface area contributed by atoms with Crippen molar-refractivity contribution in [3.05, 3.63) is 323 Å². The molecule has 18 rings (SSSR count). The third-order valence-corrected chi connectivity index (χ3v) is 21.7. The molecule has 0 aliphatic carbocycles. The zero-order valence-electron chi connectivity index (χ0n) is 62.4. The van der Waals surface area contributed by atoms with Gasteiger partial charge in [-0.15, -0.1) is 0 Å². The van der Waals surface area contributed by atoms with E-state index in [-0.39, 0.29) is 30.0 Å². The predicted octanol–water partition coefficient (Wildman–Crippen LogP) is 13.0. The van der Waals surface area contributed by atoms with Crippen LogP contribution in [0, 0.1) is 0 Å². The zero-order chi connectivity index (χ0) is 77.5. The average Bonchev–Trinajstić information content (AvgIpc) is 1.68. The molecule has 0 radical (unpaired) electrons. The van der Waals surface area contributed by atoms with Crippen molar-refractivity contribution in [3.8, 4) is 67.7 Å². The molecule has 1 unspecified atom stereocenters. The van der Waals surface area contributed by atoms with Crippen LogP contribution in [-0.2, 0) is 106 Å². The molecule has 0 saturated heterocycles. The SMILES string of the molecule is C=S(C)(=O)c1cccc(CC(=O)N2CCc3[nH]nc(-c4ccncc4)c3C2)c1.O=C(Cc1ccc(-c2ccccc2)cc1)N1CCc2[nH]nc(-c3ccncc3)c2C1.O=C(Cc1ccccc1Oc1ccccc1)N1CCc2[nH]nc(-c3ccncc3)c2C1.O=C(Cc1ccccn1)N1CCc2[nH]nc(-c3ccncc3)c2C1. The Morgan fingerprint density at radius 1 is 0.381 bits per heavy atom. The van der Waals surface area contributed by atoms with Crippen LogP contribution in [0.5, 0.6) is 11.5 Å². The first-order valence-electron chi connectivity index (χ1n) is 37.5. The van der Waals surface area contributed by atoms with E-state index in [1.54, 1.807) is 68.1 Å². The Labute approximate surface area is 654 Å². The maximum atomic E-state index is 13.2. The average molecular weight is 1520 g/mol. The predicted molar refractivity (Wildman–Crippen MR) is 434 cm³/mol. The summed E-state index contributed by atoms with van der Waals surface area (Å²) in [6.07, 6.45) is 21.8. The maximum absolute atomic E-state index is 13.2. The molecule has 9 aromatic heterocycles. The number of fused-ring (bicyclic) bond motifs is 4. The molecule has 0 saturated carbocycles. The van der Waals surface area contributed by atoms with Gasteiger partial charge in [-0.25, -0.2) is 0 Å². The van der Waals surface area contributed by atoms with E-state index >= 15 is 0 Å². The minimum atomic E-state index is -2.30. The number of aromatic amines is 4. The highest BCUT2D eigenvalue weighted by molar-refractivity contribution is 7.99. The summed E-state index contributed by atoms with van der Waals surface area (Å²) in [6, 6.07) is 64.4. The second kappa shape index (κ2) is 35.0. The molecule has 4 aliphatic rings. The van der Waals surface area contributed by atoms with Gasteiger partial charge in [-0.2, -0.15) is 20.4 Å². The molecule has 4 N–H and O–H groups in total. The highest BCUT2D eigenvalue weighted by Gasteiger charge is 2.31. The van der Waals surface area contributed by atoms with E-state index in [2.05, 4.69) is 108 Å². The monoisotopic (exact) mass is 1520 g/mol. The molecular formula is C89H83N17O6S. The number of nitrogens with zero attached hydrogens (tertiary/aromatic N) is 13. The number of ether oxygens (including phenoxy) is 1. The van der Waals surface area contributed by atoms with Crippen LogP contribution in [0.25, 0.3) is 56.2 Å². The maximum Gasteiger partial charge on any atom is 0.228 e. The van der Waals surface area contributed by atoms with Crippen LogP contribution in [0.4, 0.5) is 0 Å². The van der Waals surface area contributed by atoms with Gasteiger partial charge in [-0.1, -0.05) is 109 Å². The molecule has 13 heterocycles. The van der Waals surface area contributed by atoms with E-state index < -0.39 is 9.52 Å². The van der Waals surface area contributed by atoms with E-state index in [1.807, 2.05) is 177 Å². The van der Waals surface area contributed by atoms with Crippen LogP contribution in [0.1, 0.15) is 67.4 Å². The molecule has 113 heavy (non-hydrogen) atoms. The Morgan fingerprint density at radius 3 is 1.19 bits per heavy atom. The number of benzene rings is 5. The van der Waals surface area contributed by atoms with Gasteiger partial charge in [0, 0.05) is 224 Å². The Balaban J connectivity index is 0.000000119. The number of rotatable bonds is 16. The smallest absolute Gasteiger partial charge is 0.228 e. The summed E-state index contributed by atoms with van der Waals surface area (Å²) in [5.74, 6) is 5.57. The number of hydrogen-bond acceptors (Lipinski definition) is 15. The fraction of sp³-hybridized carbons (Fsp3) is 0.191. The summed E-state index contributed by atoms with van der Waals surface area (Å²) >= 11 is 0. The van der Waals surface area contributed by atoms with E-state index in [9.17, 15) is 23.4 Å². The van der Waals surface area contributed by atoms with Gasteiger partial charge >= 0.3 is 0 Å². The van der Waals surface area contributed by atoms with Gasteiger partial charge < -0.3 is 24.3 Å². The van der Waals surface area contributed by atoms with E-state index in [4.69, 9.17) is 4.74 Å². The first-order chi connectivity index (χ1) is 55.3. The number of carbonyl (C=O) groups is 4. The largest absolute Gasteiger partial charge is 0.457 e. The standard InChI is InChI=1S/C25H22N4O2.C25H22N4O.C21H22N4O2S.C18H17N5O/c30-24(16-19-6-4-5-9-23(19)31-20-7-2-1-3-8-20)29-15-12-22-21(17-29)25(28-27-22)18-10-13-26-14-11-18;30-24(16-18-6-8-20(9-7-18)19-4-2-1-3-5-19)29-15-12-23-22(17-29)25(28-27-23)21-10-13-26-14-11-21;1-28(2,27)17-5-3-4-15(12-17)13-20(26)25-11-8-19-18(14-25)21(24-23-19)16-6-9-22-10-7-16;24-17(11-14-3-1-2-7-20-14)23-10-6-16-15(12-23)18(22-21-16)13-4-8-19-9-5-13/h1-11,13-14H,12,15-17H2,(H,27,28);1-11,13-14H,12,15-17H2,(H,27,28);3-7,9-10,12H,1,8,11,13-14H2,2H3,(H,23,24);1-5,7-9H,6,10-12H2,(H,21,22). The lowest BCUT2D eigenvalue weighted by Gasteiger charge is -2.27. The lowest BCUT2D eigenvalue weighted by molar-refractivity contribution is -0.132. The molecule has 1 atom stereocenters. The first kappa shape index (κ1) is 74.8. The molecule has 4 aliphatic heterocycles. The number of H-pyrrole nitrogens is 4. The first-order valence-corrected chi connectivity index (χ1v) is 39.7. The molecule has 24 heteroatoms. The molecule has 0 spiro atoms. The third-order valence-electron chi connectivity index (χ3n) is 20.5. The number of para-hydroxylation sites is 2. The number of nitrogens with one attached hydrogen (secondary N) is 4. The summed E-state index contributed by atoms with van der Waals surface area (Å²) < 4.78 is 18.2. The van der Waals surface area contributed by atoms with Gasteiger partial charge in [0.05, 0.1) is 48.5 Å². The highest BCUT2D eigenvalue weighted by atomic mass is 32.2. The van der Waals surface area contributed by atoms with E-state index in [0.717, 1.165) is 149 Å². The van der Waals surface area contributed by atoms with Gasteiger partial charge in [0.25, 0.3) is 0 Å². The van der Waals surface area contributed by atoms with Gasteiger partial charge in [0.2, 0.25) is 23.6 Å². The second-order valence-electron chi connectivity index (χ2n) is 28.1. The van der Waals surface area contributed by atoms with Crippen molar-refractivity contribution in [1.82, 2.24) is 85.3 Å². The minimum Gasteiger partial charge on any atom is -0.457 e. The van der Waals surface area contributed by atoms with Crippen LogP contribution in [0.3, 0.4) is 0 Å². The van der Waals surface area contributed by atoms with Crippen molar-refractivity contribution in [2.45, 2.75) is 82.4 Å². The highest BCUT2D eigenvalue weighted by Crippen LogP contribution is 2.35. The summed E-state index contributed by atoms with van der Waals surface area (Å²) in [7, 11) is -2.30. The number of amides is 4. The fourth-order valence-corrected chi connectivity index (χ4v) is 15.1. The Kier molecular flexibility index (Phi) is 23.1. The van der Waals surface area contributed by atoms with Crippen LogP contribution in [0.2, 0.25) is 0 Å². The number of pyridine rings is 5. The Hall–Kier alpha value is -13.6. The van der Waals surface area contributed by atoms with Gasteiger partial charge in [-0.05, 0) is 129 Å². The van der Waals surface area contributed by atoms with Crippen molar-refractivity contribution < 1.29 is 28.1 Å². The topological polar surface area (TPSA) is 287 Å². The molecule has 0 bridgehead atoms. The Morgan fingerprint density at radius 2 is 0.761 bits per heavy atom. The van der Waals surface area contributed by atoms with Gasteiger partial charge in [0.1, 0.15) is 11.5 Å². The van der Waals surface area contributed by atoms with Crippen molar-refractivity contribution in [2.75, 3.05) is 32.4 Å². The molecule has 0 fully saturated rings. The minimum absolute atomic E-state index is 0.0522. The van der Waals surface area contributed by atoms with E-state index in [0.29, 0.717) is 82.3 Å². The second-order valence-corrected chi connectivity index (χ2v) is 30.6. The molecule has 23 nitrogen and oxygen atoms in total. The lowest BCUT2D eigenvalue weighted by atomic mass is 10.00. The van der Waals surface area contributed by atoms with Crippen LogP contribution >= 0.6 is 0 Å². The van der Waals surface area contributed by atoms with Crippen molar-refractivity contribution in [1.29, 1.82) is 0 Å². The van der Waals surface area contributed by atoms with Crippen LogP contribution < -0.4 is 4.74 Å². The number of aromatic nitrogens is 13. The normalized spacial score (nSPS) is 13.8. The summed E-state index contributed by atoms with van der Waals surface area (Å²) in [5.41, 5.74) is 22.3. The molecular weight excluding hydrogens is 1440 g/mol. The number of hydrogen-bond donors (Lipinski definition) is 4. The summed E-state index contributed by atoms with van der Waals surface area (Å²) in [5, 5.41) is 30.4. The van der Waals surface area contributed by atoms with Crippen LogP contribution in [-0.4, -0.2) is 151 Å². The Bertz CT molecular complexity index is 5710. The summed E-state index contributed by atoms with van der Waals surface area (Å²) in [4.78, 5) is 80.4. The van der Waals surface area contributed by atoms with Crippen molar-refractivity contribution >= 4 is 39.0 Å². The van der Waals surface area contributed by atoms with Crippen molar-refractivity contribution in [3.63, 3.8) is 0 Å². The number of carbonyl (C=O) groups excluding carboxylic acids is 4. The molecule has 4 amide bonds. The van der Waals surface area contributed by atoms with Crippen LogP contribution in [0.15, 0.2) is 261 Å². The molecule has 5 aromatic carbocycles. The van der Waals surface area contributed by atoms with Gasteiger partial charge in [0.15, 0.2) is 0 Å². The molecule has 566 valence electrons. The van der Waals surface area contributed by atoms with Crippen molar-refractivity contribution in [2.24, 2.45) is 0 Å². The zero-order valence-corrected chi connectivity index (χ0v) is 63.3. The lowest BCUT2D eigenvalue weighted by Crippen LogP contribution is -2.37. The fourth-order valence-electron chi connectivity index (χ4n) is 14.4. The van der Waals surface area contributed by atoms with Gasteiger partial charge in [-0.3, -0.25) is 68.7 Å². The summed E-state index contributed by atoms with van der Waals surface area (Å²) in [6.45, 7) is 4.99.